The fraction of sp³-hybridized carbons (Fsp3) is 0.188. The van der Waals surface area contributed by atoms with Crippen molar-refractivity contribution in [3.8, 4) is 11.5 Å². The Kier molecular flexibility index (Phi) is 4.96. The monoisotopic (exact) mass is 494 g/mol. The predicted octanol–water partition coefficient (Wildman–Crippen LogP) is 3.75. The summed E-state index contributed by atoms with van der Waals surface area (Å²) in [6, 6.07) is 1.06. The van der Waals surface area contributed by atoms with Gasteiger partial charge < -0.3 is 4.57 Å². The van der Waals surface area contributed by atoms with E-state index in [1.807, 2.05) is 0 Å². The number of nitrogens with zero attached hydrogens (tertiary/aromatic N) is 6. The van der Waals surface area contributed by atoms with Crippen LogP contribution in [0.25, 0.3) is 22.7 Å². The van der Waals surface area contributed by atoms with Crippen LogP contribution in [0.2, 0.25) is 0 Å². The molecule has 0 amide bonds. The number of sulfone groups is 1. The van der Waals surface area contributed by atoms with Crippen LogP contribution in [0.3, 0.4) is 0 Å². The number of pyridine rings is 2. The molecule has 4 rings (SSSR count). The van der Waals surface area contributed by atoms with Gasteiger partial charge in [0.15, 0.2) is 11.5 Å². The van der Waals surface area contributed by atoms with Crippen molar-refractivity contribution in [2.45, 2.75) is 21.6 Å². The van der Waals surface area contributed by atoms with Crippen molar-refractivity contribution >= 4 is 32.3 Å². The van der Waals surface area contributed by atoms with E-state index in [2.05, 4.69) is 25.1 Å². The highest BCUT2D eigenvalue weighted by Crippen LogP contribution is 2.37. The molecule has 0 aliphatic heterocycles. The summed E-state index contributed by atoms with van der Waals surface area (Å²) in [5.74, 6) is -0.302. The molecule has 0 saturated heterocycles. The third-order valence-electron chi connectivity index (χ3n) is 4.29. The number of fused-ring (bicyclic) bond motifs is 1. The number of halogens is 6. The molecule has 0 bridgehead atoms. The van der Waals surface area contributed by atoms with Crippen molar-refractivity contribution in [2.24, 2.45) is 7.05 Å². The second kappa shape index (κ2) is 7.19. The van der Waals surface area contributed by atoms with Crippen LogP contribution in [-0.2, 0) is 29.2 Å². The maximum absolute atomic E-state index is 13.2. The molecule has 8 nitrogen and oxygen atoms in total. The summed E-state index contributed by atoms with van der Waals surface area (Å²) in [4.78, 5) is 10.4. The van der Waals surface area contributed by atoms with Crippen LogP contribution in [0.4, 0.5) is 26.3 Å². The average Bonchev–Trinajstić information content (AvgIpc) is 3.35. The quantitative estimate of drug-likeness (QED) is 0.400. The van der Waals surface area contributed by atoms with E-state index in [9.17, 15) is 34.8 Å². The van der Waals surface area contributed by atoms with Crippen LogP contribution in [0.15, 0.2) is 39.3 Å². The highest BCUT2D eigenvalue weighted by atomic mass is 32.2. The molecular formula is C16H8F6N6O2S2. The molecule has 0 N–H and O–H groups in total. The van der Waals surface area contributed by atoms with Gasteiger partial charge in [-0.15, -0.1) is 10.2 Å². The van der Waals surface area contributed by atoms with E-state index in [1.54, 1.807) is 0 Å². The van der Waals surface area contributed by atoms with Gasteiger partial charge in [-0.1, -0.05) is 11.3 Å². The Bertz CT molecular complexity index is 1430. The Morgan fingerprint density at radius 3 is 2.19 bits per heavy atom. The summed E-state index contributed by atoms with van der Waals surface area (Å²) in [6.45, 7) is 0. The maximum atomic E-state index is 13.2. The summed E-state index contributed by atoms with van der Waals surface area (Å²) in [5, 5.41) is 6.78. The van der Waals surface area contributed by atoms with Gasteiger partial charge in [-0.3, -0.25) is 4.98 Å². The molecule has 0 atom stereocenters. The van der Waals surface area contributed by atoms with Gasteiger partial charge in [0.25, 0.3) is 0 Å². The summed E-state index contributed by atoms with van der Waals surface area (Å²) >= 11 is 0.572. The first-order chi connectivity index (χ1) is 14.8. The van der Waals surface area contributed by atoms with Crippen LogP contribution >= 0.6 is 11.3 Å². The highest BCUT2D eigenvalue weighted by Gasteiger charge is 2.36. The Labute approximate surface area is 178 Å². The summed E-state index contributed by atoms with van der Waals surface area (Å²) < 4.78 is 105. The number of imidazole rings is 1. The van der Waals surface area contributed by atoms with Gasteiger partial charge in [0.1, 0.15) is 21.6 Å². The lowest BCUT2D eigenvalue weighted by Crippen LogP contribution is -2.12. The molecule has 4 heterocycles. The van der Waals surface area contributed by atoms with E-state index >= 15 is 0 Å². The molecule has 0 aliphatic carbocycles. The average molecular weight is 494 g/mol. The third-order valence-corrected chi connectivity index (χ3v) is 7.15. The highest BCUT2D eigenvalue weighted by molar-refractivity contribution is 7.93. The number of hydrogen-bond donors (Lipinski definition) is 0. The number of hydrogen-bond acceptors (Lipinski definition) is 8. The van der Waals surface area contributed by atoms with Gasteiger partial charge in [0.05, 0.1) is 11.1 Å². The Hall–Kier alpha value is -3.14. The van der Waals surface area contributed by atoms with Gasteiger partial charge >= 0.3 is 12.4 Å². The molecule has 4 aromatic rings. The third kappa shape index (κ3) is 3.68. The fourth-order valence-corrected chi connectivity index (χ4v) is 5.00. The van der Waals surface area contributed by atoms with Crippen molar-refractivity contribution in [1.29, 1.82) is 0 Å². The Morgan fingerprint density at radius 2 is 1.59 bits per heavy atom. The van der Waals surface area contributed by atoms with E-state index in [1.165, 1.54) is 7.05 Å². The topological polar surface area (TPSA) is 104 Å². The molecule has 168 valence electrons. The van der Waals surface area contributed by atoms with Gasteiger partial charge in [0.2, 0.25) is 14.2 Å². The lowest BCUT2D eigenvalue weighted by molar-refractivity contribution is -0.138. The molecule has 0 spiro atoms. The van der Waals surface area contributed by atoms with Crippen LogP contribution in [-0.4, -0.2) is 38.1 Å². The molecular weight excluding hydrogens is 486 g/mol. The first kappa shape index (κ1) is 22.1. The molecule has 0 unspecified atom stereocenters. The molecule has 0 radical (unpaired) electrons. The van der Waals surface area contributed by atoms with Crippen molar-refractivity contribution in [1.82, 2.24) is 29.7 Å². The zero-order valence-corrected chi connectivity index (χ0v) is 17.1. The molecule has 32 heavy (non-hydrogen) atoms. The number of alkyl halides is 6. The summed E-state index contributed by atoms with van der Waals surface area (Å²) in [5.41, 5.74) is -2.20. The van der Waals surface area contributed by atoms with Gasteiger partial charge in [-0.2, -0.15) is 26.3 Å². The standard InChI is InChI=1S/C16H8F6N6O2S2/c1-28-12-9(2-7(5-24-12)15(17,18)19)26-13(28)11-10(3-8(4-23-11)16(20,21)22)32(29,30)14-27-25-6-31-14/h2-6H,1H3. The second-order valence-corrected chi connectivity index (χ2v) is 9.26. The van der Waals surface area contributed by atoms with Crippen LogP contribution in [0.1, 0.15) is 11.1 Å². The van der Waals surface area contributed by atoms with Gasteiger partial charge in [0, 0.05) is 19.4 Å². The second-order valence-electron chi connectivity index (χ2n) is 6.34. The van der Waals surface area contributed by atoms with Crippen LogP contribution in [0, 0.1) is 0 Å². The lowest BCUT2D eigenvalue weighted by Gasteiger charge is -2.12. The SMILES string of the molecule is Cn1c(-c2ncc(C(F)(F)F)cc2S(=O)(=O)c2nncs2)nc2cc(C(F)(F)F)cnc21. The molecule has 0 fully saturated rings. The van der Waals surface area contributed by atoms with Crippen molar-refractivity contribution < 1.29 is 34.8 Å². The number of aromatic nitrogens is 6. The first-order valence-electron chi connectivity index (χ1n) is 8.28. The van der Waals surface area contributed by atoms with Crippen molar-refractivity contribution in [3.63, 3.8) is 0 Å². The largest absolute Gasteiger partial charge is 0.417 e. The number of rotatable bonds is 3. The van der Waals surface area contributed by atoms with Gasteiger partial charge in [-0.25, -0.2) is 18.4 Å². The smallest absolute Gasteiger partial charge is 0.310 e. The van der Waals surface area contributed by atoms with E-state index in [-0.39, 0.29) is 17.0 Å². The van der Waals surface area contributed by atoms with Crippen molar-refractivity contribution in [3.05, 3.63) is 41.2 Å². The molecule has 4 aromatic heterocycles. The Morgan fingerprint density at radius 1 is 0.969 bits per heavy atom. The van der Waals surface area contributed by atoms with Crippen LogP contribution < -0.4 is 0 Å². The maximum Gasteiger partial charge on any atom is 0.417 e. The zero-order chi connectivity index (χ0) is 23.5. The van der Waals surface area contributed by atoms with E-state index < -0.39 is 48.2 Å². The Balaban J connectivity index is 2.00. The normalized spacial score (nSPS) is 13.1. The molecule has 0 aliphatic rings. The summed E-state index contributed by atoms with van der Waals surface area (Å²) in [6.07, 6.45) is -8.65. The number of aryl methyl sites for hydroxylation is 1. The van der Waals surface area contributed by atoms with Crippen LogP contribution in [0.5, 0.6) is 0 Å². The molecule has 0 aromatic carbocycles. The molecule has 16 heteroatoms. The van der Waals surface area contributed by atoms with E-state index in [0.29, 0.717) is 35.9 Å². The fourth-order valence-electron chi connectivity index (χ4n) is 2.79. The van der Waals surface area contributed by atoms with E-state index in [4.69, 9.17) is 0 Å². The summed E-state index contributed by atoms with van der Waals surface area (Å²) in [7, 11) is -3.30. The molecule has 0 saturated carbocycles. The minimum Gasteiger partial charge on any atom is -0.310 e. The minimum atomic E-state index is -4.91. The predicted molar refractivity (Wildman–Crippen MR) is 97.1 cm³/mol. The minimum absolute atomic E-state index is 0.0611. The first-order valence-corrected chi connectivity index (χ1v) is 10.6. The van der Waals surface area contributed by atoms with Crippen molar-refractivity contribution in [2.75, 3.05) is 0 Å². The van der Waals surface area contributed by atoms with E-state index in [0.717, 1.165) is 10.1 Å². The van der Waals surface area contributed by atoms with Gasteiger partial charge in [-0.05, 0) is 12.1 Å². The lowest BCUT2D eigenvalue weighted by atomic mass is 10.2. The zero-order valence-electron chi connectivity index (χ0n) is 15.5.